The van der Waals surface area contributed by atoms with Crippen LogP contribution in [0.25, 0.3) is 0 Å². The minimum absolute atomic E-state index is 0.0238. The Labute approximate surface area is 875 Å². The van der Waals surface area contributed by atoms with Gasteiger partial charge in [0.2, 0.25) is 0 Å². The molecule has 810 valence electrons. The molecule has 2 aromatic carbocycles. The van der Waals surface area contributed by atoms with Gasteiger partial charge in [0.25, 0.3) is 10.1 Å². The summed E-state index contributed by atoms with van der Waals surface area (Å²) in [5.41, 5.74) is 8.79. The standard InChI is InChI=1S/C24H30O3.C23H28O3.C13H22O5S.C12H20O3.C12H18O3.C12H18O2.C11H18O.C10H16O.C6H10O/c1-3-7-21(16-23(25)26-2)20-9-11-22(12-10-20)27-18-19-8-6-15-24(17-19)13-4-5-14-24;1-2-6-20(15-22(24)25)19-8-10-21(11-9-19)26-17-18-7-5-14-23(16-18)12-3-4-13-23;1-17-12(14)10-6-5-9-13(7-3-4-8-13)11(10)18-19(2,15)16;2*1-15-11(14)9-5-4-8-12(10(9)13)6-2-3-7-12;1-14-11(13)10-5-4-8-12(9-10)6-2-3-7-12;12-9-10-4-3-7-11(8-10)5-1-2-6-11;11-9-5-1-2-6-10(9)7-3-4-8-10;7-6-4-2-1-3-5-6/h9-12,17,21H,4-6,8,13-16,18H2,1-2H3;8-11,16,20H,3-5,7,12-15,17H2,1H3,(H,24,25);10-11H,3-9H2,1-2H3;9-10,13H,2-8H2,1H3;9H,2-8H2,1H3;9H,2-8H2,1H3;8,12H,1-7,9H2;1-8H2;1-5H2/t21-;20-;;;;;;;/m00......./s1. The van der Waals surface area contributed by atoms with Gasteiger partial charge in [0.15, 0.2) is 5.78 Å². The first kappa shape index (κ1) is 118. The quantitative estimate of drug-likeness (QED) is 0.0294. The average molecular weight is 2040 g/mol. The highest BCUT2D eigenvalue weighted by molar-refractivity contribution is 7.86. The van der Waals surface area contributed by atoms with Gasteiger partial charge in [-0.3, -0.25) is 42.5 Å². The van der Waals surface area contributed by atoms with Crippen molar-refractivity contribution in [1.82, 2.24) is 0 Å². The van der Waals surface area contributed by atoms with Crippen molar-refractivity contribution in [2.45, 2.75) is 449 Å². The summed E-state index contributed by atoms with van der Waals surface area (Å²) < 4.78 is 64.3. The minimum Gasteiger partial charge on any atom is -0.489 e. The second-order valence-electron chi connectivity index (χ2n) is 46.3. The maximum atomic E-state index is 12.2. The van der Waals surface area contributed by atoms with E-state index in [0.29, 0.717) is 65.9 Å². The molecule has 0 saturated heterocycles. The smallest absolute Gasteiger partial charge is 0.333 e. The van der Waals surface area contributed by atoms with Crippen LogP contribution < -0.4 is 9.47 Å². The number of hydrogen-bond acceptors (Lipinski definition) is 21. The molecular weight excluding hydrogens is 1860 g/mol. The van der Waals surface area contributed by atoms with Gasteiger partial charge in [-0.15, -0.1) is 11.8 Å². The van der Waals surface area contributed by atoms with E-state index in [1.807, 2.05) is 48.5 Å². The zero-order valence-corrected chi connectivity index (χ0v) is 91.2. The van der Waals surface area contributed by atoms with Gasteiger partial charge < -0.3 is 48.5 Å². The first-order chi connectivity index (χ1) is 70.3. The lowest BCUT2D eigenvalue weighted by molar-refractivity contribution is -0.158. The summed E-state index contributed by atoms with van der Waals surface area (Å²) >= 11 is 0. The SMILES string of the molecule is CC#C[C@@H](CC(=O)O)c1ccc(OCC2=CC3(CCCC3)CCC2)cc1.CC#C[C@@H](CC(=O)OC)c1ccc(OCC2=CC3(CCCC3)CCC2)cc1.COC(=O)C1=CC2(CCCC2)CCC1.COC(=O)C1CCCC2(CCCC2)C1=O.COC(=O)C1CCCC2(CCCC2)C1O.COC(=O)C1CCCC2(CCCC2)C1OS(C)(=O)=O.O=C1CCCCC1.O=C1CCCCC12CCCC2.OCC1=CC2(CCCC2)CCC1. The summed E-state index contributed by atoms with van der Waals surface area (Å²) in [4.78, 5) is 103. The molecule has 0 radical (unpaired) electrons. The molecule has 146 heavy (non-hydrogen) atoms. The number of carboxylic acids is 1. The number of ether oxygens (including phenoxy) is 7. The minimum atomic E-state index is -3.57. The number of carbonyl (C=O) groups excluding carboxylic acids is 8. The van der Waals surface area contributed by atoms with Gasteiger partial charge in [0.1, 0.15) is 42.2 Å². The van der Waals surface area contributed by atoms with Crippen molar-refractivity contribution in [3.8, 4) is 35.2 Å². The lowest BCUT2D eigenvalue weighted by Gasteiger charge is -2.43. The molecule has 13 saturated carbocycles. The van der Waals surface area contributed by atoms with Crippen LogP contribution in [0.4, 0.5) is 0 Å². The maximum absolute atomic E-state index is 12.2. The average Bonchev–Trinajstić information content (AvgIpc) is 1.56. The Hall–Kier alpha value is -8.22. The van der Waals surface area contributed by atoms with Crippen LogP contribution in [-0.2, 0) is 81.1 Å². The summed E-state index contributed by atoms with van der Waals surface area (Å²) in [6.45, 7) is 5.16. The Morgan fingerprint density at radius 3 is 1.19 bits per heavy atom. The summed E-state index contributed by atoms with van der Waals surface area (Å²) in [5, 5.41) is 28.4. The second-order valence-corrected chi connectivity index (χ2v) is 47.9. The highest BCUT2D eigenvalue weighted by Crippen LogP contribution is 2.57. The van der Waals surface area contributed by atoms with Crippen LogP contribution in [-0.4, -0.2) is 151 Å². The molecule has 7 atom stereocenters. The summed E-state index contributed by atoms with van der Waals surface area (Å²) in [6, 6.07) is 15.7. The highest BCUT2D eigenvalue weighted by atomic mass is 32.2. The van der Waals surface area contributed by atoms with Crippen LogP contribution in [0.1, 0.15) is 448 Å². The Balaban J connectivity index is 0.000000160. The molecule has 3 N–H and O–H groups in total. The van der Waals surface area contributed by atoms with Gasteiger partial charge in [0, 0.05) is 35.7 Å². The fourth-order valence-electron chi connectivity index (χ4n) is 28.7. The molecule has 13 fully saturated rings. The third-order valence-corrected chi connectivity index (χ3v) is 37.0. The molecule has 17 aliphatic rings. The van der Waals surface area contributed by atoms with Gasteiger partial charge in [-0.2, -0.15) is 8.42 Å². The molecule has 0 amide bonds. The molecule has 8 spiro atoms. The number of aliphatic carboxylic acids is 1. The molecule has 17 aliphatic carbocycles. The monoisotopic (exact) mass is 2040 g/mol. The topological polar surface area (TPSA) is 322 Å². The van der Waals surface area contributed by atoms with Crippen molar-refractivity contribution in [1.29, 1.82) is 0 Å². The zero-order chi connectivity index (χ0) is 105. The molecule has 22 nitrogen and oxygen atoms in total. The number of rotatable bonds is 19. The summed E-state index contributed by atoms with van der Waals surface area (Å²) in [7, 11) is 3.43. The molecular formula is C123H180O22S. The van der Waals surface area contributed by atoms with Crippen molar-refractivity contribution >= 4 is 63.3 Å². The number of carboxylic acid groups (broad SMARTS) is 1. The molecule has 19 rings (SSSR count). The fraction of sp³-hybridized carbons (Fsp3) is 0.732. The second kappa shape index (κ2) is 57.9. The number of ketones is 3. The van der Waals surface area contributed by atoms with E-state index in [-0.39, 0.29) is 87.9 Å². The van der Waals surface area contributed by atoms with E-state index < -0.39 is 40.1 Å². The van der Waals surface area contributed by atoms with Gasteiger partial charge in [0.05, 0.1) is 97.1 Å². The molecule has 0 bridgehead atoms. The number of hydrogen-bond donors (Lipinski definition) is 3. The Morgan fingerprint density at radius 1 is 0.390 bits per heavy atom. The normalized spacial score (nSPS) is 25.4. The largest absolute Gasteiger partial charge is 0.489 e. The number of aliphatic hydroxyl groups is 2. The van der Waals surface area contributed by atoms with E-state index in [4.69, 9.17) is 47.6 Å². The van der Waals surface area contributed by atoms with Crippen LogP contribution in [0.5, 0.6) is 11.5 Å². The number of Topliss-reactive ketones (excluding diaryl/α,β-unsaturated/α-hetero) is 3. The van der Waals surface area contributed by atoms with E-state index in [0.717, 1.165) is 214 Å². The number of methoxy groups -OCH3 is 5. The van der Waals surface area contributed by atoms with Gasteiger partial charge >= 0.3 is 35.8 Å². The Kier molecular flexibility index (Phi) is 46.8. The lowest BCUT2D eigenvalue weighted by Crippen LogP contribution is -2.48. The highest BCUT2D eigenvalue weighted by Gasteiger charge is 2.54. The maximum Gasteiger partial charge on any atom is 0.333 e. The first-order valence-corrected chi connectivity index (χ1v) is 58.7. The predicted molar refractivity (Wildman–Crippen MR) is 570 cm³/mol. The third kappa shape index (κ3) is 33.9. The van der Waals surface area contributed by atoms with Crippen LogP contribution in [0, 0.1) is 84.8 Å². The lowest BCUT2D eigenvalue weighted by atomic mass is 9.66. The number of carbonyl (C=O) groups is 9. The van der Waals surface area contributed by atoms with E-state index >= 15 is 0 Å². The molecule has 0 aliphatic heterocycles. The predicted octanol–water partition coefficient (Wildman–Crippen LogP) is 26.2. The molecule has 0 heterocycles. The van der Waals surface area contributed by atoms with Crippen molar-refractivity contribution in [2.75, 3.05) is 61.6 Å². The Morgan fingerprint density at radius 2 is 0.760 bits per heavy atom. The molecule has 23 heteroatoms. The van der Waals surface area contributed by atoms with Crippen LogP contribution >= 0.6 is 0 Å². The van der Waals surface area contributed by atoms with Crippen LogP contribution in [0.15, 0.2) is 95.1 Å². The van der Waals surface area contributed by atoms with Gasteiger partial charge in [-0.25, -0.2) is 4.79 Å². The number of aliphatic hydroxyl groups excluding tert-OH is 2. The van der Waals surface area contributed by atoms with E-state index in [9.17, 15) is 56.7 Å². The zero-order valence-electron chi connectivity index (χ0n) is 90.4. The summed E-state index contributed by atoms with van der Waals surface area (Å²) in [5.74, 6) is 11.0. The first-order valence-electron chi connectivity index (χ1n) is 56.9. The van der Waals surface area contributed by atoms with Crippen molar-refractivity contribution < 1.29 is 104 Å². The van der Waals surface area contributed by atoms with Crippen LogP contribution in [0.3, 0.4) is 0 Å². The number of benzene rings is 2. The van der Waals surface area contributed by atoms with Gasteiger partial charge in [-0.1, -0.05) is 195 Å². The Bertz CT molecular complexity index is 4910. The molecule has 2 aromatic rings. The van der Waals surface area contributed by atoms with Crippen LogP contribution in [0.2, 0.25) is 0 Å². The van der Waals surface area contributed by atoms with Crippen molar-refractivity contribution in [3.05, 3.63) is 106 Å². The van der Waals surface area contributed by atoms with Gasteiger partial charge in [-0.05, 0) is 342 Å². The molecule has 0 aromatic heterocycles. The van der Waals surface area contributed by atoms with Crippen molar-refractivity contribution in [3.63, 3.8) is 0 Å². The van der Waals surface area contributed by atoms with Crippen molar-refractivity contribution in [2.24, 2.45) is 61.1 Å². The fourth-order valence-corrected chi connectivity index (χ4v) is 29.4. The molecule has 5 unspecified atom stereocenters. The van der Waals surface area contributed by atoms with E-state index in [1.54, 1.807) is 13.8 Å². The third-order valence-electron chi connectivity index (χ3n) is 36.5. The van der Waals surface area contributed by atoms with E-state index in [1.165, 1.54) is 258 Å². The number of allylic oxidation sites excluding steroid dienone is 4. The van der Waals surface area contributed by atoms with E-state index in [2.05, 4.69) is 48.0 Å². The number of esters is 5. The summed E-state index contributed by atoms with van der Waals surface area (Å²) in [6.07, 6.45) is 82.0.